The van der Waals surface area contributed by atoms with Crippen LogP contribution in [0.3, 0.4) is 0 Å². The van der Waals surface area contributed by atoms with E-state index in [1.54, 1.807) is 19.2 Å². The topological polar surface area (TPSA) is 65.5 Å². The van der Waals surface area contributed by atoms with E-state index in [9.17, 15) is 9.18 Å². The van der Waals surface area contributed by atoms with E-state index in [1.807, 2.05) is 0 Å². The Hall–Kier alpha value is -2.11. The van der Waals surface area contributed by atoms with E-state index in [0.717, 1.165) is 17.9 Å². The molecule has 0 spiro atoms. The molecule has 0 aliphatic rings. The molecule has 0 radical (unpaired) electrons. The van der Waals surface area contributed by atoms with Gasteiger partial charge in [-0.1, -0.05) is 19.1 Å². The van der Waals surface area contributed by atoms with Gasteiger partial charge in [-0.2, -0.15) is 0 Å². The van der Waals surface area contributed by atoms with E-state index in [4.69, 9.17) is 0 Å². The number of nitrogens with zero attached hydrogens (tertiary/aromatic N) is 1. The van der Waals surface area contributed by atoms with Gasteiger partial charge in [0.05, 0.1) is 6.42 Å². The van der Waals surface area contributed by atoms with E-state index < -0.39 is 0 Å². The lowest BCUT2D eigenvalue weighted by Gasteiger charge is -2.16. The van der Waals surface area contributed by atoms with Crippen LogP contribution in [-0.2, 0) is 11.2 Å². The zero-order chi connectivity index (χ0) is 16.4. The van der Waals surface area contributed by atoms with Gasteiger partial charge in [-0.05, 0) is 31.0 Å². The predicted molar refractivity (Wildman–Crippen MR) is 87.4 cm³/mol. The molecule has 0 heterocycles. The molecule has 0 aliphatic carbocycles. The highest BCUT2D eigenvalue weighted by Gasteiger charge is 2.04. The molecular weight excluding hydrogens is 283 g/mol. The van der Waals surface area contributed by atoms with Gasteiger partial charge in [0, 0.05) is 26.2 Å². The lowest BCUT2D eigenvalue weighted by atomic mass is 10.1. The second kappa shape index (κ2) is 9.76. The molecule has 122 valence electrons. The fourth-order valence-corrected chi connectivity index (χ4v) is 1.76. The molecule has 6 heteroatoms. The number of amides is 1. The Bertz CT molecular complexity index is 487. The van der Waals surface area contributed by atoms with Gasteiger partial charge in [0.2, 0.25) is 5.91 Å². The normalized spacial score (nSPS) is 12.6. The molecule has 1 aromatic rings. The molecule has 1 unspecified atom stereocenters. The molecule has 5 nitrogen and oxygen atoms in total. The summed E-state index contributed by atoms with van der Waals surface area (Å²) in [6.45, 7) is 5.27. The monoisotopic (exact) mass is 308 g/mol. The largest absolute Gasteiger partial charge is 0.355 e. The van der Waals surface area contributed by atoms with Gasteiger partial charge in [0.15, 0.2) is 5.96 Å². The standard InChI is InChI=1S/C16H25FN4O/c1-4-12(2)21-16(18-3)20-10-9-19-15(22)11-13-5-7-14(17)8-6-13/h5-8,12H,4,9-11H2,1-3H3,(H,19,22)(H2,18,20,21). The number of nitrogens with one attached hydrogen (secondary N) is 3. The second-order valence-electron chi connectivity index (χ2n) is 5.11. The van der Waals surface area contributed by atoms with Crippen LogP contribution in [0, 0.1) is 5.82 Å². The van der Waals surface area contributed by atoms with Crippen molar-refractivity contribution in [1.82, 2.24) is 16.0 Å². The SMILES string of the molecule is CCC(C)NC(=NC)NCCNC(=O)Cc1ccc(F)cc1. The molecule has 1 amide bonds. The quantitative estimate of drug-likeness (QED) is 0.406. The van der Waals surface area contributed by atoms with Gasteiger partial charge in [-0.25, -0.2) is 4.39 Å². The maximum Gasteiger partial charge on any atom is 0.224 e. The third kappa shape index (κ3) is 7.06. The summed E-state index contributed by atoms with van der Waals surface area (Å²) in [6.07, 6.45) is 1.26. The molecule has 1 atom stereocenters. The lowest BCUT2D eigenvalue weighted by molar-refractivity contribution is -0.120. The highest BCUT2D eigenvalue weighted by molar-refractivity contribution is 5.80. The van der Waals surface area contributed by atoms with Crippen LogP contribution in [0.5, 0.6) is 0 Å². The molecule has 22 heavy (non-hydrogen) atoms. The number of carbonyl (C=O) groups is 1. The van der Waals surface area contributed by atoms with Crippen LogP contribution in [0.1, 0.15) is 25.8 Å². The Morgan fingerprint density at radius 3 is 2.45 bits per heavy atom. The minimum atomic E-state index is -0.298. The van der Waals surface area contributed by atoms with E-state index >= 15 is 0 Å². The average molecular weight is 308 g/mol. The lowest BCUT2D eigenvalue weighted by Crippen LogP contribution is -2.44. The number of benzene rings is 1. The summed E-state index contributed by atoms with van der Waals surface area (Å²) in [6, 6.07) is 6.29. The smallest absolute Gasteiger partial charge is 0.224 e. The Labute approximate surface area is 131 Å². The van der Waals surface area contributed by atoms with Crippen molar-refractivity contribution >= 4 is 11.9 Å². The van der Waals surface area contributed by atoms with Crippen LogP contribution in [0.15, 0.2) is 29.3 Å². The van der Waals surface area contributed by atoms with Gasteiger partial charge < -0.3 is 16.0 Å². The average Bonchev–Trinajstić information content (AvgIpc) is 2.52. The zero-order valence-corrected chi connectivity index (χ0v) is 13.4. The van der Waals surface area contributed by atoms with Gasteiger partial charge in [0.1, 0.15) is 5.82 Å². The van der Waals surface area contributed by atoms with Gasteiger partial charge in [-0.3, -0.25) is 9.79 Å². The summed E-state index contributed by atoms with van der Waals surface area (Å²) >= 11 is 0. The molecule has 0 aromatic heterocycles. The first-order valence-electron chi connectivity index (χ1n) is 7.53. The number of carbonyl (C=O) groups excluding carboxylic acids is 1. The summed E-state index contributed by atoms with van der Waals surface area (Å²) in [5.41, 5.74) is 0.793. The Kier molecular flexibility index (Phi) is 7.96. The number of halogens is 1. The third-order valence-corrected chi connectivity index (χ3v) is 3.24. The van der Waals surface area contributed by atoms with Crippen molar-refractivity contribution in [2.75, 3.05) is 20.1 Å². The molecule has 0 aliphatic heterocycles. The zero-order valence-electron chi connectivity index (χ0n) is 13.4. The Balaban J connectivity index is 2.23. The maximum atomic E-state index is 12.8. The minimum Gasteiger partial charge on any atom is -0.355 e. The second-order valence-corrected chi connectivity index (χ2v) is 5.11. The van der Waals surface area contributed by atoms with Crippen LogP contribution in [-0.4, -0.2) is 38.0 Å². The molecule has 1 aromatic carbocycles. The van der Waals surface area contributed by atoms with Crippen molar-refractivity contribution in [3.05, 3.63) is 35.6 Å². The van der Waals surface area contributed by atoms with Crippen LogP contribution in [0.2, 0.25) is 0 Å². The Morgan fingerprint density at radius 2 is 1.86 bits per heavy atom. The Morgan fingerprint density at radius 1 is 1.23 bits per heavy atom. The summed E-state index contributed by atoms with van der Waals surface area (Å²) in [4.78, 5) is 15.9. The first-order valence-corrected chi connectivity index (χ1v) is 7.53. The van der Waals surface area contributed by atoms with E-state index in [2.05, 4.69) is 34.8 Å². The molecule has 0 bridgehead atoms. The van der Waals surface area contributed by atoms with Gasteiger partial charge in [0.25, 0.3) is 0 Å². The first-order chi connectivity index (χ1) is 10.5. The highest BCUT2D eigenvalue weighted by atomic mass is 19.1. The fraction of sp³-hybridized carbons (Fsp3) is 0.500. The summed E-state index contributed by atoms with van der Waals surface area (Å²) in [5, 5.41) is 9.19. The number of guanidine groups is 1. The third-order valence-electron chi connectivity index (χ3n) is 3.24. The van der Waals surface area contributed by atoms with Crippen molar-refractivity contribution in [2.45, 2.75) is 32.7 Å². The highest BCUT2D eigenvalue weighted by Crippen LogP contribution is 2.03. The minimum absolute atomic E-state index is 0.0849. The molecule has 3 N–H and O–H groups in total. The van der Waals surface area contributed by atoms with E-state index in [-0.39, 0.29) is 18.1 Å². The van der Waals surface area contributed by atoms with Crippen molar-refractivity contribution in [1.29, 1.82) is 0 Å². The number of aliphatic imine (C=N–C) groups is 1. The van der Waals surface area contributed by atoms with Crippen LogP contribution >= 0.6 is 0 Å². The summed E-state index contributed by atoms with van der Waals surface area (Å²) < 4.78 is 12.8. The maximum absolute atomic E-state index is 12.8. The van der Waals surface area contributed by atoms with E-state index in [1.165, 1.54) is 12.1 Å². The van der Waals surface area contributed by atoms with Crippen molar-refractivity contribution < 1.29 is 9.18 Å². The first kappa shape index (κ1) is 17.9. The van der Waals surface area contributed by atoms with Crippen LogP contribution in [0.25, 0.3) is 0 Å². The van der Waals surface area contributed by atoms with Crippen molar-refractivity contribution in [2.24, 2.45) is 4.99 Å². The molecule has 0 saturated carbocycles. The fourth-order valence-electron chi connectivity index (χ4n) is 1.76. The molecule has 0 fully saturated rings. The summed E-state index contributed by atoms with van der Waals surface area (Å²) in [5.74, 6) is 0.342. The van der Waals surface area contributed by atoms with Crippen LogP contribution < -0.4 is 16.0 Å². The molecular formula is C16H25FN4O. The van der Waals surface area contributed by atoms with Gasteiger partial charge in [-0.15, -0.1) is 0 Å². The number of hydrogen-bond donors (Lipinski definition) is 3. The van der Waals surface area contributed by atoms with Crippen molar-refractivity contribution in [3.8, 4) is 0 Å². The number of rotatable bonds is 7. The van der Waals surface area contributed by atoms with E-state index in [0.29, 0.717) is 19.1 Å². The van der Waals surface area contributed by atoms with Gasteiger partial charge >= 0.3 is 0 Å². The molecule has 0 saturated heterocycles. The number of hydrogen-bond acceptors (Lipinski definition) is 2. The predicted octanol–water partition coefficient (Wildman–Crippen LogP) is 1.45. The van der Waals surface area contributed by atoms with Crippen molar-refractivity contribution in [3.63, 3.8) is 0 Å². The molecule has 1 rings (SSSR count). The summed E-state index contributed by atoms with van der Waals surface area (Å²) in [7, 11) is 1.71. The van der Waals surface area contributed by atoms with Crippen LogP contribution in [0.4, 0.5) is 4.39 Å².